The summed E-state index contributed by atoms with van der Waals surface area (Å²) in [5.41, 5.74) is -0.204. The predicted molar refractivity (Wildman–Crippen MR) is 109 cm³/mol. The zero-order valence-corrected chi connectivity index (χ0v) is 18.2. The molecule has 0 spiro atoms. The van der Waals surface area contributed by atoms with Gasteiger partial charge in [0.15, 0.2) is 0 Å². The van der Waals surface area contributed by atoms with Crippen molar-refractivity contribution in [2.45, 2.75) is 103 Å². The molecule has 4 aliphatic rings. The summed E-state index contributed by atoms with van der Waals surface area (Å²) in [6.07, 6.45) is 5.27. The Morgan fingerprint density at radius 1 is 0.893 bits per heavy atom. The zero-order chi connectivity index (χ0) is 20.4. The smallest absolute Gasteiger partial charge is 0.0804 e. The molecule has 4 heteroatoms. The van der Waals surface area contributed by atoms with Crippen LogP contribution in [0.2, 0.25) is 0 Å². The molecule has 162 valence electrons. The van der Waals surface area contributed by atoms with Crippen LogP contribution >= 0.6 is 0 Å². The normalized spacial score (nSPS) is 57.2. The molecule has 0 bridgehead atoms. The molecule has 0 heterocycles. The fourth-order valence-corrected chi connectivity index (χ4v) is 8.83. The number of aliphatic hydroxyl groups excluding tert-OH is 4. The van der Waals surface area contributed by atoms with Crippen LogP contribution in [0.5, 0.6) is 0 Å². The van der Waals surface area contributed by atoms with Crippen LogP contribution in [0, 0.1) is 46.3 Å². The van der Waals surface area contributed by atoms with Crippen molar-refractivity contribution in [2.24, 2.45) is 46.3 Å². The zero-order valence-electron chi connectivity index (χ0n) is 18.2. The number of hydrogen-bond acceptors (Lipinski definition) is 4. The maximum Gasteiger partial charge on any atom is 0.0804 e. The van der Waals surface area contributed by atoms with Crippen molar-refractivity contribution in [2.75, 3.05) is 0 Å². The molecule has 0 aromatic carbocycles. The first-order chi connectivity index (χ1) is 13.1. The fourth-order valence-electron chi connectivity index (χ4n) is 8.83. The third kappa shape index (κ3) is 2.85. The van der Waals surface area contributed by atoms with Gasteiger partial charge in [0.05, 0.1) is 24.4 Å². The van der Waals surface area contributed by atoms with E-state index in [9.17, 15) is 20.4 Å². The first-order valence-corrected chi connectivity index (χ1v) is 11.9. The Kier molecular flexibility index (Phi) is 5.43. The monoisotopic (exact) mass is 394 g/mol. The number of fused-ring (bicyclic) bond motifs is 5. The predicted octanol–water partition coefficient (Wildman–Crippen LogP) is 3.35. The molecule has 4 saturated carbocycles. The highest BCUT2D eigenvalue weighted by molar-refractivity contribution is 5.15. The second-order valence-electron chi connectivity index (χ2n) is 11.4. The Labute approximate surface area is 170 Å². The molecule has 4 aliphatic carbocycles. The second-order valence-corrected chi connectivity index (χ2v) is 11.4. The first kappa shape index (κ1) is 21.1. The summed E-state index contributed by atoms with van der Waals surface area (Å²) in [7, 11) is 0. The minimum absolute atomic E-state index is 0.0992. The van der Waals surface area contributed by atoms with Crippen LogP contribution < -0.4 is 0 Å². The van der Waals surface area contributed by atoms with Gasteiger partial charge < -0.3 is 20.4 Å². The Morgan fingerprint density at radius 2 is 1.57 bits per heavy atom. The van der Waals surface area contributed by atoms with E-state index in [4.69, 9.17) is 0 Å². The van der Waals surface area contributed by atoms with Crippen LogP contribution in [0.4, 0.5) is 0 Å². The van der Waals surface area contributed by atoms with E-state index in [1.54, 1.807) is 0 Å². The van der Waals surface area contributed by atoms with Crippen LogP contribution in [0.1, 0.15) is 79.1 Å². The average molecular weight is 395 g/mol. The molecule has 28 heavy (non-hydrogen) atoms. The van der Waals surface area contributed by atoms with Gasteiger partial charge in [-0.05, 0) is 84.9 Å². The van der Waals surface area contributed by atoms with E-state index in [1.807, 2.05) is 0 Å². The van der Waals surface area contributed by atoms with Crippen molar-refractivity contribution in [1.82, 2.24) is 0 Å². The molecule has 4 rings (SSSR count). The summed E-state index contributed by atoms with van der Waals surface area (Å²) in [5, 5.41) is 43.4. The van der Waals surface area contributed by atoms with Crippen molar-refractivity contribution >= 4 is 0 Å². The SMILES string of the molecule is CCCC(C)[C@H]1CC[C@H]2[C@@H]3C(O)CC4CC(O)C(O)C[C@]4(C)[C@H]3CC(O)[C@]12C. The summed E-state index contributed by atoms with van der Waals surface area (Å²) in [6.45, 7) is 9.17. The lowest BCUT2D eigenvalue weighted by atomic mass is 9.43. The molecule has 0 saturated heterocycles. The number of aliphatic hydroxyl groups is 4. The van der Waals surface area contributed by atoms with Crippen LogP contribution in [0.25, 0.3) is 0 Å². The lowest BCUT2D eigenvalue weighted by molar-refractivity contribution is -0.219. The number of rotatable bonds is 3. The maximum absolute atomic E-state index is 11.5. The standard InChI is InChI=1S/C24H42O4/c1-5-6-13(2)15-7-8-16-22-17(11-21(28)24(15,16)4)23(3)12-20(27)18(25)9-14(23)10-19(22)26/h13-22,25-28H,5-12H2,1-4H3/t13?,14?,15-,16+,17+,18?,19?,20?,21?,22+,23+,24-/m1/s1. The van der Waals surface area contributed by atoms with Crippen molar-refractivity contribution in [3.8, 4) is 0 Å². The van der Waals surface area contributed by atoms with Gasteiger partial charge in [0.2, 0.25) is 0 Å². The van der Waals surface area contributed by atoms with Crippen LogP contribution in [-0.4, -0.2) is 44.8 Å². The molecule has 12 atom stereocenters. The molecule has 0 aromatic rings. The topological polar surface area (TPSA) is 80.9 Å². The summed E-state index contributed by atoms with van der Waals surface area (Å²) < 4.78 is 0. The lowest BCUT2D eigenvalue weighted by Gasteiger charge is -2.64. The van der Waals surface area contributed by atoms with Crippen LogP contribution in [-0.2, 0) is 0 Å². The average Bonchev–Trinajstić information content (AvgIpc) is 2.98. The lowest BCUT2D eigenvalue weighted by Crippen LogP contribution is -2.63. The molecule has 4 fully saturated rings. The molecule has 4 N–H and O–H groups in total. The van der Waals surface area contributed by atoms with Crippen molar-refractivity contribution in [3.05, 3.63) is 0 Å². The quantitative estimate of drug-likeness (QED) is 0.592. The third-order valence-corrected chi connectivity index (χ3v) is 10.3. The van der Waals surface area contributed by atoms with Crippen molar-refractivity contribution < 1.29 is 20.4 Å². The third-order valence-electron chi connectivity index (χ3n) is 10.3. The van der Waals surface area contributed by atoms with E-state index >= 15 is 0 Å². The van der Waals surface area contributed by atoms with E-state index in [0.717, 1.165) is 25.7 Å². The molecular formula is C24H42O4. The second kappa shape index (κ2) is 7.21. The number of hydrogen-bond donors (Lipinski definition) is 4. The van der Waals surface area contributed by atoms with Gasteiger partial charge in [-0.3, -0.25) is 0 Å². The van der Waals surface area contributed by atoms with Gasteiger partial charge in [-0.25, -0.2) is 0 Å². The highest BCUT2D eigenvalue weighted by Gasteiger charge is 2.66. The van der Waals surface area contributed by atoms with Gasteiger partial charge in [-0.15, -0.1) is 0 Å². The first-order valence-electron chi connectivity index (χ1n) is 11.9. The molecule has 0 amide bonds. The van der Waals surface area contributed by atoms with E-state index in [0.29, 0.717) is 30.6 Å². The Bertz CT molecular complexity index is 581. The summed E-state index contributed by atoms with van der Waals surface area (Å²) in [4.78, 5) is 0. The molecule has 0 aliphatic heterocycles. The van der Waals surface area contributed by atoms with Gasteiger partial charge in [-0.2, -0.15) is 0 Å². The molecular weight excluding hydrogens is 352 g/mol. The van der Waals surface area contributed by atoms with Crippen LogP contribution in [0.15, 0.2) is 0 Å². The van der Waals surface area contributed by atoms with Crippen LogP contribution in [0.3, 0.4) is 0 Å². The van der Waals surface area contributed by atoms with Gasteiger partial charge in [0, 0.05) is 0 Å². The molecule has 0 aromatic heterocycles. The molecule has 6 unspecified atom stereocenters. The molecule has 0 radical (unpaired) electrons. The van der Waals surface area contributed by atoms with E-state index in [-0.39, 0.29) is 40.8 Å². The van der Waals surface area contributed by atoms with E-state index < -0.39 is 12.2 Å². The van der Waals surface area contributed by atoms with Gasteiger partial charge in [-0.1, -0.05) is 40.5 Å². The largest absolute Gasteiger partial charge is 0.393 e. The van der Waals surface area contributed by atoms with E-state index in [2.05, 4.69) is 27.7 Å². The minimum Gasteiger partial charge on any atom is -0.393 e. The highest BCUT2D eigenvalue weighted by atomic mass is 16.3. The molecule has 4 nitrogen and oxygen atoms in total. The summed E-state index contributed by atoms with van der Waals surface area (Å²) in [6, 6.07) is 0. The summed E-state index contributed by atoms with van der Waals surface area (Å²) >= 11 is 0. The Hall–Kier alpha value is -0.160. The van der Waals surface area contributed by atoms with Crippen molar-refractivity contribution in [1.29, 1.82) is 0 Å². The fraction of sp³-hybridized carbons (Fsp3) is 1.00. The van der Waals surface area contributed by atoms with E-state index in [1.165, 1.54) is 12.8 Å². The van der Waals surface area contributed by atoms with Crippen molar-refractivity contribution in [3.63, 3.8) is 0 Å². The van der Waals surface area contributed by atoms with Gasteiger partial charge >= 0.3 is 0 Å². The Morgan fingerprint density at radius 3 is 2.25 bits per heavy atom. The maximum atomic E-state index is 11.5. The van der Waals surface area contributed by atoms with Gasteiger partial charge in [0.25, 0.3) is 0 Å². The minimum atomic E-state index is -0.677. The van der Waals surface area contributed by atoms with Gasteiger partial charge in [0.1, 0.15) is 0 Å². The summed E-state index contributed by atoms with van der Waals surface area (Å²) in [5.74, 6) is 2.19. The highest BCUT2D eigenvalue weighted by Crippen LogP contribution is 2.68. The Balaban J connectivity index is 1.67.